The first-order chi connectivity index (χ1) is 38.7. The van der Waals surface area contributed by atoms with Gasteiger partial charge in [-0.1, -0.05) is 71.1 Å². The number of rotatable bonds is 15. The summed E-state index contributed by atoms with van der Waals surface area (Å²) in [5, 5.41) is 23.9. The number of nitrogens with zero attached hydrogens (tertiary/aromatic N) is 2. The lowest BCUT2D eigenvalue weighted by Crippen LogP contribution is -2.65. The van der Waals surface area contributed by atoms with Crippen molar-refractivity contribution in [2.24, 2.45) is 40.9 Å². The predicted molar refractivity (Wildman–Crippen MR) is 303 cm³/mol. The molecule has 1 amide bonds. The van der Waals surface area contributed by atoms with Crippen LogP contribution in [-0.2, 0) is 66.6 Å². The van der Waals surface area contributed by atoms with Gasteiger partial charge in [-0.25, -0.2) is 4.79 Å². The second-order valence-electron chi connectivity index (χ2n) is 25.2. The number of hydrogen-bond acceptors (Lipinski definition) is 17. The number of methoxy groups -OCH3 is 2. The summed E-state index contributed by atoms with van der Waals surface area (Å²) in [5.41, 5.74) is 1.64. The number of hydrogen-bond donors (Lipinski definition) is 2. The summed E-state index contributed by atoms with van der Waals surface area (Å²) in [7, 11) is 3.11. The molecule has 1 aliphatic carbocycles. The monoisotopic (exact) mass is 1140 g/mol. The highest BCUT2D eigenvalue weighted by molar-refractivity contribution is 6.39. The topological polar surface area (TPSA) is 215 Å². The van der Waals surface area contributed by atoms with E-state index in [0.29, 0.717) is 75.9 Å². The molecule has 456 valence electrons. The molecular formula is C63H98N2O16. The van der Waals surface area contributed by atoms with Gasteiger partial charge in [0.25, 0.3) is 11.7 Å². The van der Waals surface area contributed by atoms with Crippen molar-refractivity contribution >= 4 is 29.2 Å². The maximum absolute atomic E-state index is 14.7. The molecule has 0 radical (unpaired) electrons. The Balaban J connectivity index is 1.10. The number of amides is 1. The number of carbonyl (C=O) groups excluding carboxylic acids is 5. The Labute approximate surface area is 482 Å². The van der Waals surface area contributed by atoms with E-state index in [9.17, 15) is 34.2 Å². The van der Waals surface area contributed by atoms with Gasteiger partial charge in [0.15, 0.2) is 5.78 Å². The van der Waals surface area contributed by atoms with E-state index in [1.54, 1.807) is 34.0 Å². The molecule has 5 saturated heterocycles. The summed E-state index contributed by atoms with van der Waals surface area (Å²) in [6, 6.07) is -1.15. The normalized spacial score (nSPS) is 38.3. The average molecular weight is 1140 g/mol. The van der Waals surface area contributed by atoms with E-state index >= 15 is 0 Å². The lowest BCUT2D eigenvalue weighted by Gasteiger charge is -2.55. The molecule has 2 N–H and O–H groups in total. The first kappa shape index (κ1) is 65.0. The Kier molecular flexibility index (Phi) is 24.5. The third kappa shape index (κ3) is 17.3. The lowest BCUT2D eigenvalue weighted by molar-refractivity contribution is -0.266. The van der Waals surface area contributed by atoms with Gasteiger partial charge in [0, 0.05) is 83.0 Å². The number of ether oxygens (including phenoxy) is 9. The van der Waals surface area contributed by atoms with Gasteiger partial charge in [0.2, 0.25) is 5.79 Å². The van der Waals surface area contributed by atoms with E-state index in [0.717, 1.165) is 64.1 Å². The molecule has 6 aliphatic heterocycles. The molecule has 1 saturated carbocycles. The van der Waals surface area contributed by atoms with Crippen LogP contribution in [0.4, 0.5) is 0 Å². The third-order valence-electron chi connectivity index (χ3n) is 18.4. The molecule has 7 rings (SSSR count). The quantitative estimate of drug-likeness (QED) is 0.0754. The maximum atomic E-state index is 14.7. The molecule has 2 bridgehead atoms. The SMILES string of the molecule is CO[C@@H]1C[C@H](C[C@@H](C)[C@@H]2CC(=O)[C@H](C)/C=C(\C)[C@@H](O)[C@@H](OC)C(=O)[C@H](C)C[C@H](C)/C=C/C=C/C=C(\C)C(OCCOC3COC3)C[C@@H]3CC[C@@H](C)[C@@](O)(O3)C(=O)C(=O)N3CCCC[C@H]3C(=O)O2)CC[C@H]1OCCCN1CC2(COC2)C1. The smallest absolute Gasteiger partial charge is 0.329 e. The molecule has 1 spiro atoms. The molecular weight excluding hydrogens is 1040 g/mol. The Morgan fingerprint density at radius 1 is 0.802 bits per heavy atom. The number of Topliss-reactive ketones (excluding diaryl/α,β-unsaturated/α-hetero) is 3. The van der Waals surface area contributed by atoms with Gasteiger partial charge in [-0.15, -0.1) is 0 Å². The van der Waals surface area contributed by atoms with E-state index in [2.05, 4.69) is 4.90 Å². The standard InChI is InChI=1S/C63H98N2O16/c1-40-16-11-10-12-17-41(2)53(79-27-26-77-49-34-75-35-49)32-48-21-19-46(7)63(72,81-48)59(69)60(70)65-24-14-13-18-50(65)61(71)80-54(33-51(66)42(3)29-45(6)57(68)58(74-9)56(67)44(5)28-40)43(4)30-47-20-22-52(55(31-47)73-8)78-25-15-23-64-36-62(37-64)38-76-39-62/h10-12,16-17,29,40,42-44,46-50,52-55,57-58,68,72H,13-15,18-28,30-39H2,1-9H3/b12-10+,16-11+,41-17+,45-29+/t40-,42-,43-,44-,46-,47+,48+,50+,52-,53?,54+,55-,57-,58+,63-/m1/s1. The zero-order chi connectivity index (χ0) is 58.4. The van der Waals surface area contributed by atoms with Crippen LogP contribution in [0.15, 0.2) is 47.6 Å². The van der Waals surface area contributed by atoms with Crippen molar-refractivity contribution in [1.29, 1.82) is 0 Å². The van der Waals surface area contributed by atoms with Gasteiger partial charge in [-0.05, 0) is 113 Å². The van der Waals surface area contributed by atoms with Crippen molar-refractivity contribution < 1.29 is 76.8 Å². The number of allylic oxidation sites excluding steroid dienone is 6. The zero-order valence-electron chi connectivity index (χ0n) is 50.1. The highest BCUT2D eigenvalue weighted by Crippen LogP contribution is 2.40. The summed E-state index contributed by atoms with van der Waals surface area (Å²) in [5.74, 6) is -7.97. The van der Waals surface area contributed by atoms with Crippen LogP contribution in [0.5, 0.6) is 0 Å². The first-order valence-electron chi connectivity index (χ1n) is 30.4. The van der Waals surface area contributed by atoms with E-state index < -0.39 is 77.8 Å². The number of likely N-dealkylation sites (tertiary alicyclic amines) is 1. The summed E-state index contributed by atoms with van der Waals surface area (Å²) in [6.45, 7) is 20.1. The van der Waals surface area contributed by atoms with Gasteiger partial charge < -0.3 is 62.6 Å². The van der Waals surface area contributed by atoms with Crippen LogP contribution >= 0.6 is 0 Å². The van der Waals surface area contributed by atoms with Crippen molar-refractivity contribution in [3.05, 3.63) is 47.6 Å². The Bertz CT molecular complexity index is 2220. The van der Waals surface area contributed by atoms with Crippen LogP contribution in [0, 0.1) is 40.9 Å². The highest BCUT2D eigenvalue weighted by Gasteiger charge is 2.53. The van der Waals surface area contributed by atoms with Gasteiger partial charge in [0.05, 0.1) is 64.1 Å². The fraction of sp³-hybridized carbons (Fsp3) is 0.794. The van der Waals surface area contributed by atoms with Crippen molar-refractivity contribution in [3.8, 4) is 0 Å². The second-order valence-corrected chi connectivity index (χ2v) is 25.2. The van der Waals surface area contributed by atoms with E-state index in [1.165, 1.54) is 12.0 Å². The van der Waals surface area contributed by atoms with Gasteiger partial charge >= 0.3 is 5.97 Å². The molecule has 15 atom stereocenters. The number of carbonyl (C=O) groups is 5. The summed E-state index contributed by atoms with van der Waals surface area (Å²) in [4.78, 5) is 75.9. The molecule has 6 heterocycles. The summed E-state index contributed by atoms with van der Waals surface area (Å²) >= 11 is 0. The fourth-order valence-corrected chi connectivity index (χ4v) is 13.1. The zero-order valence-corrected chi connectivity index (χ0v) is 50.1. The lowest BCUT2D eigenvalue weighted by atomic mass is 9.78. The second kappa shape index (κ2) is 30.5. The van der Waals surface area contributed by atoms with Gasteiger partial charge in [-0.2, -0.15) is 0 Å². The van der Waals surface area contributed by atoms with Crippen LogP contribution in [0.1, 0.15) is 132 Å². The Morgan fingerprint density at radius 3 is 2.25 bits per heavy atom. The van der Waals surface area contributed by atoms with Crippen LogP contribution < -0.4 is 0 Å². The van der Waals surface area contributed by atoms with Crippen LogP contribution in [0.2, 0.25) is 0 Å². The minimum Gasteiger partial charge on any atom is -0.460 e. The van der Waals surface area contributed by atoms with Crippen molar-refractivity contribution in [2.45, 2.75) is 193 Å². The average Bonchev–Trinajstić information content (AvgIpc) is 3.41. The van der Waals surface area contributed by atoms with Crippen LogP contribution in [0.25, 0.3) is 0 Å². The minimum atomic E-state index is -2.47. The molecule has 18 heteroatoms. The molecule has 81 heavy (non-hydrogen) atoms. The van der Waals surface area contributed by atoms with Crippen molar-refractivity contribution in [2.75, 3.05) is 86.6 Å². The van der Waals surface area contributed by atoms with E-state index in [1.807, 2.05) is 58.1 Å². The molecule has 6 fully saturated rings. The first-order valence-corrected chi connectivity index (χ1v) is 30.4. The number of aliphatic hydroxyl groups is 2. The number of esters is 1. The number of piperidine rings is 1. The summed E-state index contributed by atoms with van der Waals surface area (Å²) < 4.78 is 53.8. The van der Waals surface area contributed by atoms with Gasteiger partial charge in [-0.3, -0.25) is 19.2 Å². The number of cyclic esters (lactones) is 1. The summed E-state index contributed by atoms with van der Waals surface area (Å²) in [6.07, 6.45) is 13.3. The van der Waals surface area contributed by atoms with Gasteiger partial charge in [0.1, 0.15) is 36.2 Å². The largest absolute Gasteiger partial charge is 0.460 e. The number of fused-ring (bicyclic) bond motifs is 3. The van der Waals surface area contributed by atoms with Crippen LogP contribution in [0.3, 0.4) is 0 Å². The van der Waals surface area contributed by atoms with Crippen LogP contribution in [-0.4, -0.2) is 197 Å². The fourth-order valence-electron chi connectivity index (χ4n) is 13.1. The van der Waals surface area contributed by atoms with Crippen molar-refractivity contribution in [3.63, 3.8) is 0 Å². The Morgan fingerprint density at radius 2 is 1.56 bits per heavy atom. The van der Waals surface area contributed by atoms with Crippen molar-refractivity contribution in [1.82, 2.24) is 9.80 Å². The van der Waals surface area contributed by atoms with E-state index in [4.69, 9.17) is 42.6 Å². The third-order valence-corrected chi connectivity index (χ3v) is 18.4. The maximum Gasteiger partial charge on any atom is 0.329 e. The molecule has 18 nitrogen and oxygen atoms in total. The molecule has 7 aliphatic rings. The molecule has 1 unspecified atom stereocenters. The van der Waals surface area contributed by atoms with E-state index in [-0.39, 0.29) is 80.0 Å². The highest BCUT2D eigenvalue weighted by atomic mass is 16.6. The molecule has 0 aromatic heterocycles. The number of aliphatic hydroxyl groups excluding tert-OH is 1. The Hall–Kier alpha value is -3.53. The minimum absolute atomic E-state index is 0.00283. The molecule has 0 aromatic carbocycles. The number of ketones is 3. The predicted octanol–water partition coefficient (Wildman–Crippen LogP) is 6.71. The molecule has 0 aromatic rings.